The van der Waals surface area contributed by atoms with Crippen LogP contribution in [-0.2, 0) is 0 Å². The topological polar surface area (TPSA) is 3.24 Å². The summed E-state index contributed by atoms with van der Waals surface area (Å²) >= 11 is 7.26. The molecular formula is C36H28ClNSi. The van der Waals surface area contributed by atoms with Gasteiger partial charge in [-0.25, -0.2) is 0 Å². The van der Waals surface area contributed by atoms with Crippen molar-refractivity contribution < 1.29 is 0 Å². The van der Waals surface area contributed by atoms with Gasteiger partial charge in [0.2, 0.25) is 0 Å². The summed E-state index contributed by atoms with van der Waals surface area (Å²) in [4.78, 5) is 2.45. The maximum atomic E-state index is 7.26. The first-order valence-corrected chi connectivity index (χ1v) is 15.9. The quantitative estimate of drug-likeness (QED) is 0.135. The second-order valence-electron chi connectivity index (χ2n) is 10.1. The zero-order valence-corrected chi connectivity index (χ0v) is 23.2. The van der Waals surface area contributed by atoms with E-state index in [1.807, 2.05) is 0 Å². The first-order valence-electron chi connectivity index (χ1n) is 13.5. The van der Waals surface area contributed by atoms with Crippen molar-refractivity contribution in [3.8, 4) is 0 Å². The van der Waals surface area contributed by atoms with Crippen LogP contribution in [0.4, 0.5) is 11.4 Å². The lowest BCUT2D eigenvalue weighted by molar-refractivity contribution is 0.834. The summed E-state index contributed by atoms with van der Waals surface area (Å²) in [6.07, 6.45) is 4.58. The minimum absolute atomic E-state index is 0.00511. The Morgan fingerprint density at radius 1 is 0.538 bits per heavy atom. The Kier molecular flexibility index (Phi) is 6.07. The molecule has 2 aliphatic rings. The second-order valence-corrected chi connectivity index (χ2v) is 14.4. The van der Waals surface area contributed by atoms with Crippen LogP contribution in [0.2, 0.25) is 0 Å². The Morgan fingerprint density at radius 2 is 1.00 bits per heavy atom. The van der Waals surface area contributed by atoms with Gasteiger partial charge in [0.15, 0.2) is 8.07 Å². The molecule has 1 aliphatic heterocycles. The van der Waals surface area contributed by atoms with Gasteiger partial charge >= 0.3 is 0 Å². The van der Waals surface area contributed by atoms with Gasteiger partial charge in [0.25, 0.3) is 0 Å². The number of fused-ring (bicyclic) bond motifs is 3. The predicted molar refractivity (Wildman–Crippen MR) is 168 cm³/mol. The van der Waals surface area contributed by atoms with Crippen molar-refractivity contribution in [2.45, 2.75) is 11.4 Å². The smallest absolute Gasteiger partial charge is 0.179 e. The first kappa shape index (κ1) is 24.0. The summed E-state index contributed by atoms with van der Waals surface area (Å²) in [5.74, 6) is 0. The molecule has 0 N–H and O–H groups in total. The van der Waals surface area contributed by atoms with Crippen molar-refractivity contribution in [2.75, 3.05) is 4.90 Å². The minimum Gasteiger partial charge on any atom is -0.332 e. The number of rotatable bonds is 5. The molecule has 5 aromatic rings. The molecule has 3 heteroatoms. The molecule has 0 aromatic heterocycles. The van der Waals surface area contributed by atoms with Gasteiger partial charge in [0, 0.05) is 16.9 Å². The van der Waals surface area contributed by atoms with Crippen molar-refractivity contribution in [1.29, 1.82) is 0 Å². The molecule has 1 heterocycles. The van der Waals surface area contributed by atoms with Gasteiger partial charge in [-0.1, -0.05) is 140 Å². The van der Waals surface area contributed by atoms with Crippen LogP contribution in [0.3, 0.4) is 0 Å². The van der Waals surface area contributed by atoms with Crippen LogP contribution in [0.1, 0.15) is 5.56 Å². The lowest BCUT2D eigenvalue weighted by Gasteiger charge is -2.40. The molecular weight excluding hydrogens is 510 g/mol. The highest BCUT2D eigenvalue weighted by Crippen LogP contribution is 2.51. The summed E-state index contributed by atoms with van der Waals surface area (Å²) in [5, 5.41) is 5.36. The molecule has 0 spiro atoms. The number of benzene rings is 5. The Balaban J connectivity index is 1.62. The van der Waals surface area contributed by atoms with E-state index in [0.29, 0.717) is 0 Å². The summed E-state index contributed by atoms with van der Waals surface area (Å²) in [6.45, 7) is 0. The van der Waals surface area contributed by atoms with E-state index in [-0.39, 0.29) is 11.4 Å². The van der Waals surface area contributed by atoms with Crippen LogP contribution in [-0.4, -0.2) is 19.5 Å². The lowest BCUT2D eigenvalue weighted by Crippen LogP contribution is -2.69. The van der Waals surface area contributed by atoms with Gasteiger partial charge in [-0.15, -0.1) is 11.6 Å². The summed E-state index contributed by atoms with van der Waals surface area (Å²) in [7, 11) is -2.73. The molecule has 0 bridgehead atoms. The molecule has 2 unspecified atom stereocenters. The third-order valence-corrected chi connectivity index (χ3v) is 13.4. The third kappa shape index (κ3) is 3.75. The van der Waals surface area contributed by atoms with E-state index in [0.717, 1.165) is 5.69 Å². The highest BCUT2D eigenvalue weighted by Gasteiger charge is 2.49. The second kappa shape index (κ2) is 9.89. The van der Waals surface area contributed by atoms with Crippen LogP contribution < -0.4 is 20.5 Å². The Bertz CT molecular complexity index is 1570. The largest absolute Gasteiger partial charge is 0.332 e. The first-order chi connectivity index (χ1) is 19.3. The SMILES string of the molecule is ClC1C=CC([Si](c2ccccc2)(c2ccccc2)c2ccccc2)=C2c3ccccc3N(c3ccccc3)C21. The normalized spacial score (nSPS) is 18.1. The maximum Gasteiger partial charge on any atom is 0.179 e. The van der Waals surface area contributed by atoms with Crippen LogP contribution in [0.5, 0.6) is 0 Å². The zero-order valence-electron chi connectivity index (χ0n) is 21.5. The average Bonchev–Trinajstić information content (AvgIpc) is 3.37. The molecule has 0 fully saturated rings. The highest BCUT2D eigenvalue weighted by atomic mass is 35.5. The third-order valence-electron chi connectivity index (χ3n) is 8.13. The average molecular weight is 538 g/mol. The standard InChI is InChI=1S/C36H28ClNSi/c37-32-25-26-34(35-31-23-13-14-24-33(31)38(36(32)35)27-15-5-1-6-16-27)39(28-17-7-2-8-18-28,29-19-9-3-10-20-29)30-21-11-4-12-22-30/h1-26,32,36H. The van der Waals surface area contributed by atoms with Crippen molar-refractivity contribution in [3.63, 3.8) is 0 Å². The number of anilines is 2. The fraction of sp³-hybridized carbons (Fsp3) is 0.0556. The number of alkyl halides is 1. The van der Waals surface area contributed by atoms with Gasteiger partial charge in [0.1, 0.15) is 0 Å². The monoisotopic (exact) mass is 537 g/mol. The van der Waals surface area contributed by atoms with E-state index in [4.69, 9.17) is 11.6 Å². The van der Waals surface area contributed by atoms with E-state index in [1.165, 1.54) is 37.6 Å². The van der Waals surface area contributed by atoms with Crippen LogP contribution >= 0.6 is 11.6 Å². The molecule has 7 rings (SSSR count). The molecule has 2 atom stereocenters. The molecule has 1 aliphatic carbocycles. The Morgan fingerprint density at radius 3 is 1.54 bits per heavy atom. The molecule has 5 aromatic carbocycles. The molecule has 0 saturated carbocycles. The van der Waals surface area contributed by atoms with Crippen LogP contribution in [0.25, 0.3) is 5.57 Å². The molecule has 39 heavy (non-hydrogen) atoms. The lowest BCUT2D eigenvalue weighted by atomic mass is 9.95. The fourth-order valence-electron chi connectivity index (χ4n) is 6.59. The summed E-state index contributed by atoms with van der Waals surface area (Å²) in [5.41, 5.74) is 5.00. The van der Waals surface area contributed by atoms with Gasteiger partial charge in [0.05, 0.1) is 11.4 Å². The Hall–Kier alpha value is -4.11. The van der Waals surface area contributed by atoms with Gasteiger partial charge in [-0.05, 0) is 44.5 Å². The van der Waals surface area contributed by atoms with Gasteiger partial charge in [-0.2, -0.15) is 0 Å². The molecule has 0 radical (unpaired) electrons. The van der Waals surface area contributed by atoms with Crippen molar-refractivity contribution in [2.24, 2.45) is 0 Å². The molecule has 0 amide bonds. The number of para-hydroxylation sites is 2. The van der Waals surface area contributed by atoms with E-state index in [9.17, 15) is 0 Å². The van der Waals surface area contributed by atoms with E-state index in [2.05, 4.69) is 163 Å². The van der Waals surface area contributed by atoms with Crippen molar-refractivity contribution >= 4 is 52.2 Å². The van der Waals surface area contributed by atoms with Crippen molar-refractivity contribution in [1.82, 2.24) is 0 Å². The highest BCUT2D eigenvalue weighted by molar-refractivity contribution is 7.17. The predicted octanol–water partition coefficient (Wildman–Crippen LogP) is 6.85. The summed E-state index contributed by atoms with van der Waals surface area (Å²) < 4.78 is 0. The van der Waals surface area contributed by atoms with E-state index >= 15 is 0 Å². The zero-order chi connectivity index (χ0) is 26.2. The number of hydrogen-bond acceptors (Lipinski definition) is 1. The minimum atomic E-state index is -2.73. The van der Waals surface area contributed by atoms with E-state index in [1.54, 1.807) is 0 Å². The van der Waals surface area contributed by atoms with Crippen LogP contribution in [0, 0.1) is 0 Å². The molecule has 0 saturated heterocycles. The number of hydrogen-bond donors (Lipinski definition) is 0. The number of halogens is 1. The molecule has 1 nitrogen and oxygen atoms in total. The van der Waals surface area contributed by atoms with Crippen molar-refractivity contribution in [3.05, 3.63) is 169 Å². The van der Waals surface area contributed by atoms with Gasteiger partial charge < -0.3 is 4.90 Å². The number of allylic oxidation sites excluding steroid dienone is 2. The maximum absolute atomic E-state index is 7.26. The Labute approximate surface area is 236 Å². The van der Waals surface area contributed by atoms with Crippen LogP contribution in [0.15, 0.2) is 163 Å². The molecule has 188 valence electrons. The fourth-order valence-corrected chi connectivity index (χ4v) is 11.9. The van der Waals surface area contributed by atoms with Gasteiger partial charge in [-0.3, -0.25) is 0 Å². The number of nitrogens with zero attached hydrogens (tertiary/aromatic N) is 1. The van der Waals surface area contributed by atoms with E-state index < -0.39 is 8.07 Å². The summed E-state index contributed by atoms with van der Waals surface area (Å²) in [6, 6.07) is 52.9.